The van der Waals surface area contributed by atoms with Gasteiger partial charge >= 0.3 is 0 Å². The Morgan fingerprint density at radius 3 is 1.58 bits per heavy atom. The molecule has 2 nitrogen and oxygen atoms in total. The van der Waals surface area contributed by atoms with Crippen molar-refractivity contribution < 1.29 is 4.42 Å². The van der Waals surface area contributed by atoms with Crippen LogP contribution in [0.1, 0.15) is 22.3 Å². The molecule has 332 valence electrons. The zero-order valence-corrected chi connectivity index (χ0v) is 38.8. The van der Waals surface area contributed by atoms with Crippen molar-refractivity contribution in [1.82, 2.24) is 0 Å². The summed E-state index contributed by atoms with van der Waals surface area (Å²) < 4.78 is 6.58. The quantitative estimate of drug-likeness (QED) is 0.141. The molecular weight excluding hydrogens is 859 g/mol. The van der Waals surface area contributed by atoms with Crippen molar-refractivity contribution in [1.29, 1.82) is 0 Å². The van der Waals surface area contributed by atoms with Crippen LogP contribution >= 0.6 is 0 Å². The maximum Gasteiger partial charge on any atom is 0.143 e. The molecule has 13 aromatic rings. The Kier molecular flexibility index (Phi) is 9.47. The summed E-state index contributed by atoms with van der Waals surface area (Å²) in [5.74, 6) is 0. The lowest BCUT2D eigenvalue weighted by Crippen LogP contribution is -2.28. The van der Waals surface area contributed by atoms with Gasteiger partial charge < -0.3 is 9.32 Å². The van der Waals surface area contributed by atoms with Crippen LogP contribution in [0.5, 0.6) is 0 Å². The van der Waals surface area contributed by atoms with E-state index >= 15 is 0 Å². The molecule has 0 amide bonds. The minimum absolute atomic E-state index is 0.529. The Labute approximate surface area is 413 Å². The molecule has 0 N–H and O–H groups in total. The van der Waals surface area contributed by atoms with Gasteiger partial charge in [0.2, 0.25) is 0 Å². The molecule has 14 rings (SSSR count). The number of rotatable bonds is 8. The van der Waals surface area contributed by atoms with Crippen molar-refractivity contribution >= 4 is 60.5 Å². The average molecular weight is 904 g/mol. The highest BCUT2D eigenvalue weighted by Gasteiger charge is 2.47. The maximum atomic E-state index is 6.58. The van der Waals surface area contributed by atoms with Gasteiger partial charge in [-0.1, -0.05) is 224 Å². The van der Waals surface area contributed by atoms with Gasteiger partial charge in [0.1, 0.15) is 11.2 Å². The Morgan fingerprint density at radius 2 is 0.845 bits per heavy atom. The summed E-state index contributed by atoms with van der Waals surface area (Å²) in [6, 6.07) is 99.8. The molecule has 0 atom stereocenters. The number of anilines is 3. The third-order valence-electron chi connectivity index (χ3n) is 14.9. The van der Waals surface area contributed by atoms with Gasteiger partial charge in [0, 0.05) is 33.3 Å². The number of benzene rings is 12. The number of furan rings is 1. The molecule has 2 heteroatoms. The second kappa shape index (κ2) is 16.5. The fraction of sp³-hybridized carbons (Fsp3) is 0.0145. The fourth-order valence-corrected chi connectivity index (χ4v) is 11.8. The zero-order valence-electron chi connectivity index (χ0n) is 38.8. The number of nitrogens with zero attached hydrogens (tertiary/aromatic N) is 1. The molecule has 71 heavy (non-hydrogen) atoms. The van der Waals surface area contributed by atoms with Crippen LogP contribution in [0.15, 0.2) is 277 Å². The summed E-state index contributed by atoms with van der Waals surface area (Å²) in [5.41, 5.74) is 19.0. The number of hydrogen-bond acceptors (Lipinski definition) is 2. The van der Waals surface area contributed by atoms with E-state index in [2.05, 4.69) is 278 Å². The van der Waals surface area contributed by atoms with Gasteiger partial charge in [-0.2, -0.15) is 0 Å². The third kappa shape index (κ3) is 6.42. The van der Waals surface area contributed by atoms with E-state index in [1.807, 2.05) is 0 Å². The van der Waals surface area contributed by atoms with Crippen molar-refractivity contribution in [3.05, 3.63) is 295 Å². The largest absolute Gasteiger partial charge is 0.455 e. The Bertz CT molecular complexity index is 4100. The Morgan fingerprint density at radius 1 is 0.310 bits per heavy atom. The second-order valence-corrected chi connectivity index (χ2v) is 18.7. The van der Waals surface area contributed by atoms with Gasteiger partial charge in [-0.25, -0.2) is 0 Å². The first-order chi connectivity index (χ1) is 35.2. The monoisotopic (exact) mass is 903 g/mol. The molecule has 1 aliphatic carbocycles. The van der Waals surface area contributed by atoms with Gasteiger partial charge in [-0.3, -0.25) is 0 Å². The summed E-state index contributed by atoms with van der Waals surface area (Å²) in [4.78, 5) is 2.46. The van der Waals surface area contributed by atoms with Crippen molar-refractivity contribution in [2.24, 2.45) is 0 Å². The van der Waals surface area contributed by atoms with Gasteiger partial charge in [-0.05, 0) is 126 Å². The van der Waals surface area contributed by atoms with Crippen LogP contribution in [0.25, 0.3) is 88.0 Å². The Balaban J connectivity index is 0.945. The molecule has 1 heterocycles. The first kappa shape index (κ1) is 40.8. The first-order valence-corrected chi connectivity index (χ1v) is 24.5. The molecular formula is C69H45NO. The van der Waals surface area contributed by atoms with Crippen LogP contribution in [-0.2, 0) is 5.41 Å². The fourth-order valence-electron chi connectivity index (χ4n) is 11.8. The lowest BCUT2D eigenvalue weighted by Gasteiger charge is -2.34. The normalized spacial score (nSPS) is 12.6. The predicted octanol–water partition coefficient (Wildman–Crippen LogP) is 18.7. The summed E-state index contributed by atoms with van der Waals surface area (Å²) in [5, 5.41) is 7.25. The molecule has 0 fully saturated rings. The van der Waals surface area contributed by atoms with E-state index < -0.39 is 5.41 Å². The van der Waals surface area contributed by atoms with E-state index in [0.717, 1.165) is 61.3 Å². The number of hydrogen-bond donors (Lipinski definition) is 0. The van der Waals surface area contributed by atoms with Crippen LogP contribution in [0.3, 0.4) is 0 Å². The lowest BCUT2D eigenvalue weighted by atomic mass is 9.68. The van der Waals surface area contributed by atoms with E-state index in [1.54, 1.807) is 0 Å². The van der Waals surface area contributed by atoms with E-state index in [4.69, 9.17) is 4.42 Å². The van der Waals surface area contributed by atoms with Crippen molar-refractivity contribution in [3.8, 4) is 44.5 Å². The molecule has 0 saturated carbocycles. The molecule has 0 saturated heterocycles. The van der Waals surface area contributed by atoms with E-state index in [-0.39, 0.29) is 0 Å². The van der Waals surface area contributed by atoms with E-state index in [1.165, 1.54) is 66.1 Å². The molecule has 0 bridgehead atoms. The highest BCUT2D eigenvalue weighted by Crippen LogP contribution is 2.59. The van der Waals surface area contributed by atoms with Crippen molar-refractivity contribution in [2.45, 2.75) is 5.41 Å². The topological polar surface area (TPSA) is 16.4 Å². The second-order valence-electron chi connectivity index (χ2n) is 18.7. The SMILES string of the molecule is c1ccc(-c2cccc3c2oc2ccc(-c4ccc(N(c5ccc(-c6cc7ccccc7c7ccccc67)cc5)c5cccc6c5-c5ccccc5C6(c5ccccc5)c5ccccc5)cc4)cc23)cc1. The lowest BCUT2D eigenvalue weighted by molar-refractivity contribution is 0.670. The summed E-state index contributed by atoms with van der Waals surface area (Å²) in [7, 11) is 0. The van der Waals surface area contributed by atoms with Crippen molar-refractivity contribution in [3.63, 3.8) is 0 Å². The molecule has 0 unspecified atom stereocenters. The summed E-state index contributed by atoms with van der Waals surface area (Å²) in [6.07, 6.45) is 0. The highest BCUT2D eigenvalue weighted by molar-refractivity contribution is 6.14. The molecule has 12 aromatic carbocycles. The van der Waals surface area contributed by atoms with Crippen LogP contribution in [0.2, 0.25) is 0 Å². The molecule has 0 spiro atoms. The first-order valence-electron chi connectivity index (χ1n) is 24.5. The standard InChI is InChI=1S/C69H45NO/c1-4-18-47(19-5-1)56-29-16-30-59-62-44-49(38-43-66(62)71-68(56)59)46-34-39-53(40-35-46)70(54-41-36-48(37-42-54)61-45-50-20-10-11-25-55(50)57-26-12-13-27-58(57)61)65-33-17-32-64-67(65)60-28-14-15-31-63(60)69(64,51-21-6-2-7-22-51)52-23-8-3-9-24-52/h1-45H. The van der Waals surface area contributed by atoms with Crippen LogP contribution < -0.4 is 4.90 Å². The minimum Gasteiger partial charge on any atom is -0.455 e. The van der Waals surface area contributed by atoms with E-state index in [9.17, 15) is 0 Å². The highest BCUT2D eigenvalue weighted by atomic mass is 16.3. The predicted molar refractivity (Wildman–Crippen MR) is 297 cm³/mol. The Hall–Kier alpha value is -9.24. The van der Waals surface area contributed by atoms with Crippen LogP contribution in [-0.4, -0.2) is 0 Å². The molecule has 1 aliphatic rings. The van der Waals surface area contributed by atoms with Gasteiger partial charge in [0.25, 0.3) is 0 Å². The van der Waals surface area contributed by atoms with Gasteiger partial charge in [0.15, 0.2) is 0 Å². The summed E-state index contributed by atoms with van der Waals surface area (Å²) in [6.45, 7) is 0. The number of fused-ring (bicyclic) bond motifs is 9. The molecule has 0 radical (unpaired) electrons. The zero-order chi connectivity index (χ0) is 46.9. The van der Waals surface area contributed by atoms with Crippen LogP contribution in [0.4, 0.5) is 17.1 Å². The maximum absolute atomic E-state index is 6.58. The number of para-hydroxylation sites is 1. The minimum atomic E-state index is -0.529. The van der Waals surface area contributed by atoms with E-state index in [0.29, 0.717) is 0 Å². The third-order valence-corrected chi connectivity index (χ3v) is 14.9. The smallest absolute Gasteiger partial charge is 0.143 e. The average Bonchev–Trinajstić information content (AvgIpc) is 3.98. The van der Waals surface area contributed by atoms with Crippen molar-refractivity contribution in [2.75, 3.05) is 4.90 Å². The molecule has 1 aromatic heterocycles. The van der Waals surface area contributed by atoms with Gasteiger partial charge in [-0.15, -0.1) is 0 Å². The summed E-state index contributed by atoms with van der Waals surface area (Å²) >= 11 is 0. The molecule has 0 aliphatic heterocycles. The van der Waals surface area contributed by atoms with Crippen LogP contribution in [0, 0.1) is 0 Å². The van der Waals surface area contributed by atoms with Gasteiger partial charge in [0.05, 0.1) is 11.1 Å².